The third-order valence-corrected chi connectivity index (χ3v) is 7.42. The number of anilines is 1. The van der Waals surface area contributed by atoms with E-state index in [0.29, 0.717) is 5.56 Å². The smallest absolute Gasteiger partial charge is 0.338 e. The lowest BCUT2D eigenvalue weighted by molar-refractivity contribution is 0.0600. The summed E-state index contributed by atoms with van der Waals surface area (Å²) in [6.07, 6.45) is 4.35. The van der Waals surface area contributed by atoms with Gasteiger partial charge >= 0.3 is 5.97 Å². The highest BCUT2D eigenvalue weighted by atomic mass is 16.5. The molecule has 0 saturated carbocycles. The van der Waals surface area contributed by atoms with Crippen molar-refractivity contribution in [3.05, 3.63) is 86.9 Å². The molecule has 0 amide bonds. The van der Waals surface area contributed by atoms with Gasteiger partial charge in [0.2, 0.25) is 5.36 Å². The lowest BCUT2D eigenvalue weighted by Gasteiger charge is -2.31. The number of nitrogens with zero attached hydrogens (tertiary/aromatic N) is 2. The summed E-state index contributed by atoms with van der Waals surface area (Å²) in [5.41, 5.74) is 7.42. The molecule has 0 saturated heterocycles. The first-order chi connectivity index (χ1) is 16.5. The fourth-order valence-corrected chi connectivity index (χ4v) is 5.70. The van der Waals surface area contributed by atoms with E-state index in [4.69, 9.17) is 9.47 Å². The molecule has 3 aromatic carbocycles. The summed E-state index contributed by atoms with van der Waals surface area (Å²) in [6, 6.07) is 16.7. The second-order valence-electron chi connectivity index (χ2n) is 9.52. The molecule has 0 spiro atoms. The Bertz CT molecular complexity index is 1470. The molecular formula is C29H29N2O3+. The van der Waals surface area contributed by atoms with E-state index in [1.54, 1.807) is 0 Å². The molecule has 5 heteroatoms. The van der Waals surface area contributed by atoms with Crippen LogP contribution >= 0.6 is 0 Å². The highest BCUT2D eigenvalue weighted by Gasteiger charge is 2.28. The van der Waals surface area contributed by atoms with Gasteiger partial charge in [0, 0.05) is 53.7 Å². The summed E-state index contributed by atoms with van der Waals surface area (Å²) in [7, 11) is 5.72. The largest absolute Gasteiger partial charge is 0.465 e. The van der Waals surface area contributed by atoms with Crippen LogP contribution in [-0.2, 0) is 17.6 Å². The Morgan fingerprint density at radius 2 is 1.82 bits per heavy atom. The summed E-state index contributed by atoms with van der Waals surface area (Å²) in [4.78, 5) is 15.1. The van der Waals surface area contributed by atoms with Crippen molar-refractivity contribution >= 4 is 17.2 Å². The van der Waals surface area contributed by atoms with Crippen LogP contribution in [0.4, 0.5) is 5.69 Å². The minimum atomic E-state index is -0.326. The number of carbonyl (C=O) groups excluding carboxylic acids is 1. The summed E-state index contributed by atoms with van der Waals surface area (Å²) >= 11 is 0. The molecule has 0 atom stereocenters. The lowest BCUT2D eigenvalue weighted by Crippen LogP contribution is -2.36. The van der Waals surface area contributed by atoms with Crippen LogP contribution in [0.2, 0.25) is 0 Å². The number of fused-ring (bicyclic) bond motifs is 4. The van der Waals surface area contributed by atoms with E-state index in [1.165, 1.54) is 29.3 Å². The van der Waals surface area contributed by atoms with Gasteiger partial charge in [-0.25, -0.2) is 9.37 Å². The molecule has 3 aromatic rings. The van der Waals surface area contributed by atoms with Crippen molar-refractivity contribution in [3.63, 3.8) is 0 Å². The third kappa shape index (κ3) is 3.22. The zero-order chi connectivity index (χ0) is 23.4. The zero-order valence-corrected chi connectivity index (χ0v) is 20.0. The number of hydrogen-bond donors (Lipinski definition) is 0. The van der Waals surface area contributed by atoms with Crippen LogP contribution in [0.3, 0.4) is 0 Å². The highest BCUT2D eigenvalue weighted by molar-refractivity contribution is 5.99. The number of ether oxygens (including phenoxy) is 2. The van der Waals surface area contributed by atoms with Crippen molar-refractivity contribution in [3.8, 4) is 11.5 Å². The number of carbonyl (C=O) groups is 1. The Balaban J connectivity index is 1.72. The van der Waals surface area contributed by atoms with Crippen molar-refractivity contribution in [2.75, 3.05) is 39.2 Å². The molecule has 0 aromatic heterocycles. The molecule has 3 heterocycles. The first kappa shape index (κ1) is 21.0. The SMILES string of the molecule is COC(=O)c1ccccc1C1=c2cc3c(cc2Oc2cc4c(cc21)CCCN4C)=[N+](C)CCC3. The number of rotatable bonds is 2. The van der Waals surface area contributed by atoms with Gasteiger partial charge in [0.05, 0.1) is 18.7 Å². The van der Waals surface area contributed by atoms with Crippen LogP contribution in [0.1, 0.15) is 45.5 Å². The second-order valence-corrected chi connectivity index (χ2v) is 9.52. The Hall–Kier alpha value is -3.60. The maximum Gasteiger partial charge on any atom is 0.338 e. The van der Waals surface area contributed by atoms with E-state index in [1.807, 2.05) is 24.3 Å². The number of aryl methyl sites for hydroxylation is 2. The van der Waals surface area contributed by atoms with Gasteiger partial charge in [-0.3, -0.25) is 0 Å². The average molecular weight is 454 g/mol. The summed E-state index contributed by atoms with van der Waals surface area (Å²) in [5, 5.41) is 2.27. The molecule has 0 radical (unpaired) electrons. The van der Waals surface area contributed by atoms with E-state index in [-0.39, 0.29) is 5.97 Å². The van der Waals surface area contributed by atoms with Gasteiger partial charge in [0.25, 0.3) is 0 Å². The number of hydrogen-bond acceptors (Lipinski definition) is 4. The van der Waals surface area contributed by atoms with E-state index in [9.17, 15) is 4.79 Å². The summed E-state index contributed by atoms with van der Waals surface area (Å²) < 4.78 is 14.1. The van der Waals surface area contributed by atoms with Crippen LogP contribution in [0.25, 0.3) is 5.57 Å². The van der Waals surface area contributed by atoms with Crippen molar-refractivity contribution in [1.29, 1.82) is 0 Å². The minimum absolute atomic E-state index is 0.326. The standard InChI is InChI=1S/C29H29N2O3/c1-30-12-6-8-18-14-22-26(16-24(18)30)34-27-17-25-19(9-7-13-31(25)2)15-23(27)28(22)20-10-4-5-11-21(20)29(32)33-3/h4-5,10-11,14-17H,6-9,12-13H2,1-3H3/q+1. The van der Waals surface area contributed by atoms with Crippen LogP contribution in [0.5, 0.6) is 11.5 Å². The van der Waals surface area contributed by atoms with Gasteiger partial charge in [0.1, 0.15) is 25.1 Å². The van der Waals surface area contributed by atoms with Gasteiger partial charge in [-0.2, -0.15) is 0 Å². The van der Waals surface area contributed by atoms with Gasteiger partial charge in [0.15, 0.2) is 0 Å². The lowest BCUT2D eigenvalue weighted by atomic mass is 9.86. The molecule has 3 aliphatic rings. The molecule has 6 rings (SSSR count). The van der Waals surface area contributed by atoms with Gasteiger partial charge < -0.3 is 14.4 Å². The quantitative estimate of drug-likeness (QED) is 0.345. The zero-order valence-electron chi connectivity index (χ0n) is 20.0. The van der Waals surface area contributed by atoms with Gasteiger partial charge in [-0.15, -0.1) is 0 Å². The molecular weight excluding hydrogens is 424 g/mol. The number of benzene rings is 3. The number of esters is 1. The normalized spacial score (nSPS) is 16.1. The first-order valence-corrected chi connectivity index (χ1v) is 12.0. The maximum atomic E-state index is 12.8. The predicted octanol–water partition coefficient (Wildman–Crippen LogP) is 3.28. The van der Waals surface area contributed by atoms with Crippen molar-refractivity contribution < 1.29 is 14.3 Å². The molecule has 172 valence electrons. The van der Waals surface area contributed by atoms with Gasteiger partial charge in [-0.1, -0.05) is 18.2 Å². The number of methoxy groups -OCH3 is 1. The Labute approximate surface area is 199 Å². The third-order valence-electron chi connectivity index (χ3n) is 7.42. The molecule has 0 bridgehead atoms. The molecule has 0 N–H and O–H groups in total. The Morgan fingerprint density at radius 3 is 2.68 bits per heavy atom. The summed E-state index contributed by atoms with van der Waals surface area (Å²) in [6.45, 7) is 2.09. The topological polar surface area (TPSA) is 41.8 Å². The molecule has 34 heavy (non-hydrogen) atoms. The van der Waals surface area contributed by atoms with E-state index in [2.05, 4.69) is 47.8 Å². The second kappa shape index (κ2) is 8.01. The molecule has 0 fully saturated rings. The predicted molar refractivity (Wildman–Crippen MR) is 134 cm³/mol. The fourth-order valence-electron chi connectivity index (χ4n) is 5.70. The van der Waals surface area contributed by atoms with Crippen LogP contribution in [0, 0.1) is 0 Å². The Morgan fingerprint density at radius 1 is 1.00 bits per heavy atom. The molecule has 0 aliphatic carbocycles. The first-order valence-electron chi connectivity index (χ1n) is 12.0. The van der Waals surface area contributed by atoms with Gasteiger partial charge in [-0.05, 0) is 48.6 Å². The minimum Gasteiger partial charge on any atom is -0.465 e. The van der Waals surface area contributed by atoms with E-state index in [0.717, 1.165) is 72.2 Å². The van der Waals surface area contributed by atoms with Crippen molar-refractivity contribution in [1.82, 2.24) is 4.58 Å². The van der Waals surface area contributed by atoms with Crippen molar-refractivity contribution in [2.45, 2.75) is 25.7 Å². The molecule has 3 aliphatic heterocycles. The van der Waals surface area contributed by atoms with E-state index < -0.39 is 0 Å². The maximum absolute atomic E-state index is 12.8. The van der Waals surface area contributed by atoms with Crippen LogP contribution < -0.4 is 24.8 Å². The molecule has 5 nitrogen and oxygen atoms in total. The fraction of sp³-hybridized carbons (Fsp3) is 0.310. The highest BCUT2D eigenvalue weighted by Crippen LogP contribution is 2.42. The van der Waals surface area contributed by atoms with Crippen molar-refractivity contribution in [2.24, 2.45) is 0 Å². The average Bonchev–Trinajstić information content (AvgIpc) is 2.85. The Kier molecular flexibility index (Phi) is 4.94. The summed E-state index contributed by atoms with van der Waals surface area (Å²) in [5.74, 6) is 1.36. The monoisotopic (exact) mass is 453 g/mol. The van der Waals surface area contributed by atoms with Crippen LogP contribution in [-0.4, -0.2) is 40.3 Å². The van der Waals surface area contributed by atoms with E-state index >= 15 is 0 Å². The molecule has 0 unspecified atom stereocenters. The van der Waals surface area contributed by atoms with Crippen LogP contribution in [0.15, 0.2) is 48.5 Å².